The number of hydrogen-bond acceptors (Lipinski definition) is 1. The van der Waals surface area contributed by atoms with Crippen molar-refractivity contribution in [1.82, 2.24) is 0 Å². The van der Waals surface area contributed by atoms with Crippen LogP contribution in [0.25, 0.3) is 0 Å². The first-order chi connectivity index (χ1) is 11.2. The number of carboxylic acids is 1. The average Bonchev–Trinajstić information content (AvgIpc) is 2.54. The minimum atomic E-state index is -0.659. The number of carboxylic acid groups (broad SMARTS) is 1. The third kappa shape index (κ3) is 30.7. The maximum absolute atomic E-state index is 10.2. The van der Waals surface area contributed by atoms with E-state index in [0.717, 1.165) is 12.8 Å². The molecule has 1 N–H and O–H groups in total. The van der Waals surface area contributed by atoms with Crippen LogP contribution in [-0.4, -0.2) is 32.7 Å². The second kappa shape index (κ2) is 24.5. The summed E-state index contributed by atoms with van der Waals surface area (Å²) in [6.45, 7) is 6.80. The van der Waals surface area contributed by atoms with Crippen LogP contribution in [0.3, 0.4) is 0 Å². The zero-order valence-corrected chi connectivity index (χ0v) is 18.7. The monoisotopic (exact) mass is 435 g/mol. The molecule has 0 rings (SSSR count). The molecule has 0 atom stereocenters. The van der Waals surface area contributed by atoms with Crippen molar-refractivity contribution >= 4 is 27.6 Å². The second-order valence-electron chi connectivity index (χ2n) is 6.35. The first kappa shape index (κ1) is 25.5. The van der Waals surface area contributed by atoms with Crippen LogP contribution in [-0.2, 0) is 4.79 Å². The fourth-order valence-corrected chi connectivity index (χ4v) is 5.96. The van der Waals surface area contributed by atoms with Crippen molar-refractivity contribution < 1.29 is 9.90 Å². The summed E-state index contributed by atoms with van der Waals surface area (Å²) in [7, 11) is 0. The minimum absolute atomic E-state index is 0.304. The molecular formula is C20H42O2Sb. The van der Waals surface area contributed by atoms with Crippen LogP contribution in [0, 0.1) is 0 Å². The summed E-state index contributed by atoms with van der Waals surface area (Å²) in [5, 5.41) is 8.41. The fraction of sp³-hybridized carbons (Fsp3) is 0.950. The summed E-state index contributed by atoms with van der Waals surface area (Å²) in [6.07, 6.45) is 17.3. The van der Waals surface area contributed by atoms with Crippen LogP contribution in [0.4, 0.5) is 0 Å². The van der Waals surface area contributed by atoms with Crippen molar-refractivity contribution in [3.8, 4) is 0 Å². The first-order valence-corrected chi connectivity index (χ1v) is 13.6. The number of carbonyl (C=O) groups is 1. The Balaban J connectivity index is 0. The van der Waals surface area contributed by atoms with Gasteiger partial charge in [0.25, 0.3) is 0 Å². The van der Waals surface area contributed by atoms with Gasteiger partial charge in [0.15, 0.2) is 0 Å². The standard InChI is InChI=1S/C12H24O2.2C4H9.Sb/c1-2-3-4-5-6-7-8-9-10-11-12(13)14;2*1-3-4-2;/h2-11H2,1H3,(H,13,14);2*1,3-4H2,2H3;. The van der Waals surface area contributed by atoms with Crippen molar-refractivity contribution in [2.24, 2.45) is 0 Å². The van der Waals surface area contributed by atoms with Crippen LogP contribution in [0.2, 0.25) is 8.73 Å². The van der Waals surface area contributed by atoms with Crippen molar-refractivity contribution in [3.05, 3.63) is 0 Å². The average molecular weight is 436 g/mol. The van der Waals surface area contributed by atoms with Gasteiger partial charge in [0, 0.05) is 6.42 Å². The van der Waals surface area contributed by atoms with E-state index in [4.69, 9.17) is 5.11 Å². The van der Waals surface area contributed by atoms with Gasteiger partial charge in [0.1, 0.15) is 0 Å². The molecule has 0 spiro atoms. The number of hydrogen-bond donors (Lipinski definition) is 1. The molecule has 0 aliphatic heterocycles. The van der Waals surface area contributed by atoms with E-state index >= 15 is 0 Å². The molecule has 3 heteroatoms. The predicted molar refractivity (Wildman–Crippen MR) is 105 cm³/mol. The van der Waals surface area contributed by atoms with Crippen LogP contribution < -0.4 is 0 Å². The molecule has 139 valence electrons. The maximum atomic E-state index is 10.2. The van der Waals surface area contributed by atoms with E-state index < -0.39 is 5.97 Å². The van der Waals surface area contributed by atoms with Gasteiger partial charge in [0.2, 0.25) is 0 Å². The SMILES string of the molecule is CCCCCCCCCCCC(=O)O.CCC[CH2][Sb][CH2]CCC. The Morgan fingerprint density at radius 3 is 1.43 bits per heavy atom. The van der Waals surface area contributed by atoms with E-state index in [1.807, 2.05) is 0 Å². The van der Waals surface area contributed by atoms with Crippen molar-refractivity contribution in [1.29, 1.82) is 0 Å². The number of unbranched alkanes of at least 4 members (excludes halogenated alkanes) is 10. The summed E-state index contributed by atoms with van der Waals surface area (Å²) in [5.41, 5.74) is 0. The van der Waals surface area contributed by atoms with Crippen molar-refractivity contribution in [3.63, 3.8) is 0 Å². The van der Waals surface area contributed by atoms with Crippen LogP contribution >= 0.6 is 0 Å². The predicted octanol–water partition coefficient (Wildman–Crippen LogP) is 7.12. The summed E-state index contributed by atoms with van der Waals surface area (Å²) in [4.78, 5) is 10.2. The molecule has 1 radical (unpaired) electrons. The Morgan fingerprint density at radius 2 is 1.04 bits per heavy atom. The third-order valence-corrected chi connectivity index (χ3v) is 7.44. The van der Waals surface area contributed by atoms with E-state index in [-0.39, 0.29) is 0 Å². The van der Waals surface area contributed by atoms with Crippen LogP contribution in [0.1, 0.15) is 111 Å². The molecule has 0 saturated heterocycles. The molecule has 0 aromatic rings. The normalized spacial score (nSPS) is 10.2. The third-order valence-electron chi connectivity index (χ3n) is 3.83. The molecule has 0 amide bonds. The van der Waals surface area contributed by atoms with Gasteiger partial charge >= 0.3 is 75.9 Å². The molecule has 0 saturated carbocycles. The van der Waals surface area contributed by atoms with Gasteiger partial charge in [-0.25, -0.2) is 0 Å². The Bertz CT molecular complexity index is 214. The van der Waals surface area contributed by atoms with Crippen molar-refractivity contribution in [2.45, 2.75) is 119 Å². The quantitative estimate of drug-likeness (QED) is 0.207. The Kier molecular flexibility index (Phi) is 27.2. The van der Waals surface area contributed by atoms with E-state index in [0.29, 0.717) is 28.0 Å². The van der Waals surface area contributed by atoms with Gasteiger partial charge in [-0.1, -0.05) is 58.3 Å². The van der Waals surface area contributed by atoms with Gasteiger partial charge in [-0.05, 0) is 6.42 Å². The zero-order chi connectivity index (χ0) is 17.6. The number of rotatable bonds is 16. The molecule has 0 aromatic carbocycles. The summed E-state index contributed by atoms with van der Waals surface area (Å²) in [6, 6.07) is 0. The fourth-order valence-electron chi connectivity index (χ4n) is 2.24. The molecule has 2 nitrogen and oxygen atoms in total. The summed E-state index contributed by atoms with van der Waals surface area (Å²) < 4.78 is 3.21. The van der Waals surface area contributed by atoms with Gasteiger partial charge in [-0.2, -0.15) is 0 Å². The van der Waals surface area contributed by atoms with E-state index in [9.17, 15) is 4.79 Å². The Morgan fingerprint density at radius 1 is 0.652 bits per heavy atom. The van der Waals surface area contributed by atoms with Crippen LogP contribution in [0.5, 0.6) is 0 Å². The molecular weight excluding hydrogens is 394 g/mol. The molecule has 0 aliphatic rings. The molecule has 23 heavy (non-hydrogen) atoms. The molecule has 0 unspecified atom stereocenters. The first-order valence-electron chi connectivity index (χ1n) is 10.0. The second-order valence-corrected chi connectivity index (χ2v) is 10.2. The summed E-state index contributed by atoms with van der Waals surface area (Å²) in [5.74, 6) is -0.659. The van der Waals surface area contributed by atoms with Gasteiger partial charge < -0.3 is 5.11 Å². The van der Waals surface area contributed by atoms with E-state index in [1.165, 1.54) is 70.6 Å². The van der Waals surface area contributed by atoms with Crippen LogP contribution in [0.15, 0.2) is 0 Å². The Hall–Kier alpha value is 0.288. The zero-order valence-electron chi connectivity index (χ0n) is 16.1. The topological polar surface area (TPSA) is 37.3 Å². The number of aliphatic carboxylic acids is 1. The van der Waals surface area contributed by atoms with Gasteiger partial charge in [0.05, 0.1) is 0 Å². The molecule has 0 bridgehead atoms. The molecule has 0 aromatic heterocycles. The molecule has 0 heterocycles. The molecule has 0 aliphatic carbocycles. The van der Waals surface area contributed by atoms with Gasteiger partial charge in [-0.3, -0.25) is 4.79 Å². The van der Waals surface area contributed by atoms with E-state index in [2.05, 4.69) is 20.8 Å². The van der Waals surface area contributed by atoms with Gasteiger partial charge in [-0.15, -0.1) is 0 Å². The van der Waals surface area contributed by atoms with E-state index in [1.54, 1.807) is 8.73 Å². The van der Waals surface area contributed by atoms with Crippen molar-refractivity contribution in [2.75, 3.05) is 0 Å². The molecule has 0 fully saturated rings. The Labute approximate surface area is 156 Å². The summed E-state index contributed by atoms with van der Waals surface area (Å²) >= 11 is 0.304.